The number of amides is 1. The van der Waals surface area contributed by atoms with Crippen LogP contribution in [0.5, 0.6) is 0 Å². The number of hydrogen-bond acceptors (Lipinski definition) is 4. The average molecular weight is 333 g/mol. The Morgan fingerprint density at radius 3 is 2.22 bits per heavy atom. The number of rotatable bonds is 8. The Morgan fingerprint density at radius 2 is 1.74 bits per heavy atom. The van der Waals surface area contributed by atoms with E-state index in [1.165, 1.54) is 12.8 Å². The van der Waals surface area contributed by atoms with Crippen molar-refractivity contribution in [1.29, 1.82) is 0 Å². The van der Waals surface area contributed by atoms with E-state index in [4.69, 9.17) is 4.74 Å². The molecule has 1 amide bonds. The van der Waals surface area contributed by atoms with Gasteiger partial charge in [0.05, 0.1) is 19.2 Å². The van der Waals surface area contributed by atoms with Crippen molar-refractivity contribution in [3.63, 3.8) is 0 Å². The second-order valence-electron chi connectivity index (χ2n) is 5.15. The van der Waals surface area contributed by atoms with E-state index in [1.54, 1.807) is 7.11 Å². The van der Waals surface area contributed by atoms with Crippen molar-refractivity contribution < 1.29 is 15.8 Å². The van der Waals surface area contributed by atoms with Gasteiger partial charge in [0, 0.05) is 15.1 Å². The molecule has 140 valence electrons. The third-order valence-electron chi connectivity index (χ3n) is 3.65. The summed E-state index contributed by atoms with van der Waals surface area (Å²) in [6.07, 6.45) is 7.79. The van der Waals surface area contributed by atoms with Crippen LogP contribution in [0.1, 0.15) is 67.6 Å². The summed E-state index contributed by atoms with van der Waals surface area (Å²) in [5.74, 6) is 0.195. The fourth-order valence-corrected chi connectivity index (χ4v) is 2.55. The number of carbonyl (C=O) groups is 2. The van der Waals surface area contributed by atoms with E-state index in [1.807, 2.05) is 27.7 Å². The average Bonchev–Trinajstić information content (AvgIpc) is 2.89. The summed E-state index contributed by atoms with van der Waals surface area (Å²) < 4.78 is 4.88. The Bertz CT molecular complexity index is 271. The molecule has 1 fully saturated rings. The minimum atomic E-state index is -0.324. The molecule has 1 rings (SSSR count). The largest absolute Gasteiger partial charge is 0.383 e. The van der Waals surface area contributed by atoms with E-state index in [9.17, 15) is 9.59 Å². The van der Waals surface area contributed by atoms with Gasteiger partial charge in [-0.25, -0.2) is 0 Å². The quantitative estimate of drug-likeness (QED) is 0.407. The molecule has 0 bridgehead atoms. The number of hydrogen-bond donors (Lipinski definition) is 2. The van der Waals surface area contributed by atoms with Crippen LogP contribution in [-0.4, -0.2) is 45.0 Å². The van der Waals surface area contributed by atoms with Crippen molar-refractivity contribution in [3.8, 4) is 0 Å². The Hall–Kier alpha value is -0.940. The smallest absolute Gasteiger partial charge is 0.234 e. The summed E-state index contributed by atoms with van der Waals surface area (Å²) in [5, 5.41) is 5.81. The van der Waals surface area contributed by atoms with Gasteiger partial charge >= 0.3 is 0 Å². The van der Waals surface area contributed by atoms with Crippen LogP contribution in [0.2, 0.25) is 0 Å². The van der Waals surface area contributed by atoms with Gasteiger partial charge in [0.25, 0.3) is 0 Å². The van der Waals surface area contributed by atoms with Gasteiger partial charge in [-0.3, -0.25) is 4.79 Å². The molecule has 1 saturated carbocycles. The topological polar surface area (TPSA) is 67.4 Å². The van der Waals surface area contributed by atoms with Gasteiger partial charge in [0.2, 0.25) is 5.91 Å². The molecule has 5 heteroatoms. The second-order valence-corrected chi connectivity index (χ2v) is 5.15. The zero-order valence-electron chi connectivity index (χ0n) is 15.8. The maximum atomic E-state index is 11.7. The molecular formula is C18H40N2O3. The van der Waals surface area contributed by atoms with Crippen LogP contribution in [0, 0.1) is 5.92 Å². The first kappa shape index (κ1) is 24.3. The Labute approximate surface area is 144 Å². The molecule has 0 aromatic carbocycles. The molecule has 0 aromatic heterocycles. The molecule has 0 spiro atoms. The van der Waals surface area contributed by atoms with E-state index in [2.05, 4.69) is 10.6 Å². The van der Waals surface area contributed by atoms with Crippen molar-refractivity contribution in [2.24, 2.45) is 5.92 Å². The fourth-order valence-electron chi connectivity index (χ4n) is 2.55. The zero-order valence-corrected chi connectivity index (χ0v) is 15.8. The van der Waals surface area contributed by atoms with E-state index in [0.717, 1.165) is 32.0 Å². The van der Waals surface area contributed by atoms with Crippen LogP contribution in [0.4, 0.5) is 0 Å². The summed E-state index contributed by atoms with van der Waals surface area (Å²) in [4.78, 5) is 22.9. The van der Waals surface area contributed by atoms with E-state index < -0.39 is 0 Å². The summed E-state index contributed by atoms with van der Waals surface area (Å²) in [6.45, 7) is 9.45. The highest BCUT2D eigenvalue weighted by Gasteiger charge is 2.23. The molecule has 1 atom stereocenters. The number of methoxy groups -OCH3 is 1. The lowest BCUT2D eigenvalue weighted by atomic mass is 9.92. The first-order valence-electron chi connectivity index (χ1n) is 9.22. The number of nitrogens with one attached hydrogen (secondary N) is 2. The normalized spacial score (nSPS) is 15.9. The molecule has 0 aliphatic heterocycles. The van der Waals surface area contributed by atoms with Gasteiger partial charge in [-0.1, -0.05) is 53.4 Å². The lowest BCUT2D eigenvalue weighted by molar-refractivity contribution is -0.124. The molecule has 5 nitrogen and oxygen atoms in total. The highest BCUT2D eigenvalue weighted by molar-refractivity contribution is 5.81. The van der Waals surface area contributed by atoms with E-state index in [0.29, 0.717) is 19.1 Å². The lowest BCUT2D eigenvalue weighted by Crippen LogP contribution is -2.45. The molecule has 1 aliphatic carbocycles. The maximum Gasteiger partial charge on any atom is 0.234 e. The highest BCUT2D eigenvalue weighted by Crippen LogP contribution is 2.24. The van der Waals surface area contributed by atoms with E-state index >= 15 is 0 Å². The zero-order chi connectivity index (χ0) is 17.9. The molecule has 0 aromatic rings. The van der Waals surface area contributed by atoms with Crippen molar-refractivity contribution >= 4 is 12.2 Å². The standard InChI is InChI=1S/C14H26N2O3.2C2H6.H2/c1-19-9-8-15-10-14(18)16-13(11-17)12-6-4-2-3-5-7-12;2*1-2;/h11-13,15H,2-10H2,1H3,(H,16,18);2*1-2H3;1H/t13-;;;/m1.../s1. The highest BCUT2D eigenvalue weighted by atomic mass is 16.5. The number of ether oxygens (including phenoxy) is 1. The number of carbonyl (C=O) groups excluding carboxylic acids is 2. The molecule has 0 unspecified atom stereocenters. The van der Waals surface area contributed by atoms with Crippen LogP contribution in [0.3, 0.4) is 0 Å². The van der Waals surface area contributed by atoms with Crippen molar-refractivity contribution in [1.82, 2.24) is 10.6 Å². The van der Waals surface area contributed by atoms with Gasteiger partial charge in [-0.2, -0.15) is 0 Å². The summed E-state index contributed by atoms with van der Waals surface area (Å²) in [7, 11) is 1.62. The first-order valence-corrected chi connectivity index (χ1v) is 9.22. The third kappa shape index (κ3) is 13.2. The molecule has 1 aliphatic rings. The monoisotopic (exact) mass is 332 g/mol. The van der Waals surface area contributed by atoms with Gasteiger partial charge in [-0.15, -0.1) is 0 Å². The van der Waals surface area contributed by atoms with Gasteiger partial charge in [-0.05, 0) is 18.8 Å². The minimum Gasteiger partial charge on any atom is -0.383 e. The summed E-state index contributed by atoms with van der Waals surface area (Å²) >= 11 is 0. The van der Waals surface area contributed by atoms with Gasteiger partial charge in [0.15, 0.2) is 0 Å². The van der Waals surface area contributed by atoms with Crippen LogP contribution in [0.15, 0.2) is 0 Å². The third-order valence-corrected chi connectivity index (χ3v) is 3.65. The second kappa shape index (κ2) is 19.1. The summed E-state index contributed by atoms with van der Waals surface area (Å²) in [5.41, 5.74) is 0. The van der Waals surface area contributed by atoms with Crippen LogP contribution < -0.4 is 10.6 Å². The van der Waals surface area contributed by atoms with E-state index in [-0.39, 0.29) is 19.9 Å². The molecule has 2 N–H and O–H groups in total. The predicted octanol–water partition coefficient (Wildman–Crippen LogP) is 3.17. The Morgan fingerprint density at radius 1 is 1.17 bits per heavy atom. The minimum absolute atomic E-state index is 0. The Kier molecular flexibility index (Phi) is 20.2. The fraction of sp³-hybridized carbons (Fsp3) is 0.889. The molecule has 0 radical (unpaired) electrons. The Balaban J connectivity index is -0.000000817. The van der Waals surface area contributed by atoms with Crippen LogP contribution in [-0.2, 0) is 14.3 Å². The van der Waals surface area contributed by atoms with Gasteiger partial charge < -0.3 is 20.2 Å². The van der Waals surface area contributed by atoms with Crippen molar-refractivity contribution in [3.05, 3.63) is 0 Å². The van der Waals surface area contributed by atoms with Gasteiger partial charge in [0.1, 0.15) is 6.29 Å². The molecule has 23 heavy (non-hydrogen) atoms. The molecule has 0 heterocycles. The number of aldehydes is 1. The lowest BCUT2D eigenvalue weighted by Gasteiger charge is -2.22. The van der Waals surface area contributed by atoms with Crippen LogP contribution in [0.25, 0.3) is 0 Å². The molecule has 0 saturated heterocycles. The SMILES string of the molecule is CC.CC.COCCNCC(=O)N[C@H](C=O)C1CCCCCC1.[HH]. The molecular weight excluding hydrogens is 292 g/mol. The van der Waals surface area contributed by atoms with Crippen molar-refractivity contribution in [2.75, 3.05) is 26.8 Å². The van der Waals surface area contributed by atoms with Crippen molar-refractivity contribution in [2.45, 2.75) is 72.3 Å². The first-order chi connectivity index (χ1) is 11.3. The maximum absolute atomic E-state index is 11.7. The summed E-state index contributed by atoms with van der Waals surface area (Å²) in [6, 6.07) is -0.324. The predicted molar refractivity (Wildman–Crippen MR) is 98.7 cm³/mol. The van der Waals surface area contributed by atoms with Crippen LogP contribution >= 0.6 is 0 Å².